The fourth-order valence-corrected chi connectivity index (χ4v) is 2.52. The predicted octanol–water partition coefficient (Wildman–Crippen LogP) is 3.24. The summed E-state index contributed by atoms with van der Waals surface area (Å²) in [4.78, 5) is 15.7. The van der Waals surface area contributed by atoms with Crippen molar-refractivity contribution >= 4 is 28.1 Å². The molecule has 0 atom stereocenters. The van der Waals surface area contributed by atoms with Crippen LogP contribution in [0.3, 0.4) is 0 Å². The number of carboxylic acids is 1. The summed E-state index contributed by atoms with van der Waals surface area (Å²) in [5, 5.41) is 21.9. The smallest absolute Gasteiger partial charge is 0.347 e. The molecular formula is C13H14N2O3S. The van der Waals surface area contributed by atoms with Crippen molar-refractivity contribution in [1.82, 2.24) is 4.98 Å². The lowest BCUT2D eigenvalue weighted by Gasteiger charge is -2.01. The molecule has 0 unspecified atom stereocenters. The van der Waals surface area contributed by atoms with Crippen molar-refractivity contribution in [3.05, 3.63) is 34.8 Å². The number of carboxylic acid groups (broad SMARTS) is 1. The van der Waals surface area contributed by atoms with Crippen LogP contribution < -0.4 is 5.32 Å². The standard InChI is InChI=1S/C13H14N2O3S/c1-2-3-10-11(12(17)18)19-13(15-10)14-8-4-6-9(16)7-5-8/h4-7,16H,2-3H2,1H3,(H,14,15)(H,17,18). The van der Waals surface area contributed by atoms with E-state index in [0.29, 0.717) is 17.2 Å². The number of aromatic nitrogens is 1. The van der Waals surface area contributed by atoms with Crippen LogP contribution in [0.15, 0.2) is 24.3 Å². The first-order chi connectivity index (χ1) is 9.10. The number of benzene rings is 1. The number of aromatic hydroxyl groups is 1. The van der Waals surface area contributed by atoms with Crippen LogP contribution >= 0.6 is 11.3 Å². The maximum Gasteiger partial charge on any atom is 0.347 e. The van der Waals surface area contributed by atoms with Gasteiger partial charge in [-0.2, -0.15) is 0 Å². The number of aromatic carboxylic acids is 1. The highest BCUT2D eigenvalue weighted by atomic mass is 32.1. The quantitative estimate of drug-likeness (QED) is 0.731. The molecule has 0 amide bonds. The van der Waals surface area contributed by atoms with Crippen LogP contribution in [0.25, 0.3) is 0 Å². The molecule has 0 aliphatic carbocycles. The third-order valence-corrected chi connectivity index (χ3v) is 3.50. The van der Waals surface area contributed by atoms with Crippen LogP contribution in [0.5, 0.6) is 5.75 Å². The Hall–Kier alpha value is -2.08. The second-order valence-electron chi connectivity index (χ2n) is 4.02. The molecule has 6 heteroatoms. The third kappa shape index (κ3) is 3.23. The molecule has 1 aromatic heterocycles. The number of hydrogen-bond donors (Lipinski definition) is 3. The Bertz CT molecular complexity index is 578. The van der Waals surface area contributed by atoms with E-state index in [0.717, 1.165) is 23.4 Å². The number of hydrogen-bond acceptors (Lipinski definition) is 5. The number of aryl methyl sites for hydroxylation is 1. The topological polar surface area (TPSA) is 82.5 Å². The molecule has 0 saturated heterocycles. The van der Waals surface area contributed by atoms with E-state index in [9.17, 15) is 9.90 Å². The summed E-state index contributed by atoms with van der Waals surface area (Å²) < 4.78 is 0. The fourth-order valence-electron chi connectivity index (χ4n) is 1.65. The second-order valence-corrected chi connectivity index (χ2v) is 5.02. The first kappa shape index (κ1) is 13.4. The van der Waals surface area contributed by atoms with Crippen LogP contribution in [0.2, 0.25) is 0 Å². The van der Waals surface area contributed by atoms with E-state index < -0.39 is 5.97 Å². The summed E-state index contributed by atoms with van der Waals surface area (Å²) in [5.74, 6) is -0.762. The molecule has 2 rings (SSSR count). The summed E-state index contributed by atoms with van der Waals surface area (Å²) in [5.41, 5.74) is 1.37. The zero-order valence-corrected chi connectivity index (χ0v) is 11.2. The molecule has 1 heterocycles. The Morgan fingerprint density at radius 3 is 2.63 bits per heavy atom. The molecule has 100 valence electrons. The van der Waals surface area contributed by atoms with Gasteiger partial charge in [0.05, 0.1) is 5.69 Å². The van der Waals surface area contributed by atoms with Crippen LogP contribution in [0, 0.1) is 0 Å². The summed E-state index contributed by atoms with van der Waals surface area (Å²) in [7, 11) is 0. The lowest BCUT2D eigenvalue weighted by atomic mass is 10.2. The fraction of sp³-hybridized carbons (Fsp3) is 0.231. The van der Waals surface area contributed by atoms with Crippen molar-refractivity contribution in [1.29, 1.82) is 0 Å². The van der Waals surface area contributed by atoms with Gasteiger partial charge in [-0.05, 0) is 30.7 Å². The number of phenols is 1. The molecule has 0 radical (unpaired) electrons. The highest BCUT2D eigenvalue weighted by Gasteiger charge is 2.16. The van der Waals surface area contributed by atoms with Gasteiger partial charge >= 0.3 is 5.97 Å². The second kappa shape index (κ2) is 5.71. The zero-order valence-electron chi connectivity index (χ0n) is 10.4. The molecule has 0 spiro atoms. The average Bonchev–Trinajstić information content (AvgIpc) is 2.76. The zero-order chi connectivity index (χ0) is 13.8. The van der Waals surface area contributed by atoms with Crippen molar-refractivity contribution in [2.75, 3.05) is 5.32 Å². The number of nitrogens with zero attached hydrogens (tertiary/aromatic N) is 1. The Labute approximate surface area is 114 Å². The van der Waals surface area contributed by atoms with Gasteiger partial charge in [-0.3, -0.25) is 0 Å². The van der Waals surface area contributed by atoms with Gasteiger partial charge in [0.25, 0.3) is 0 Å². The lowest BCUT2D eigenvalue weighted by Crippen LogP contribution is -1.98. The summed E-state index contributed by atoms with van der Waals surface area (Å²) >= 11 is 1.12. The normalized spacial score (nSPS) is 10.4. The van der Waals surface area contributed by atoms with Gasteiger partial charge in [0.2, 0.25) is 0 Å². The molecule has 0 saturated carbocycles. The van der Waals surface area contributed by atoms with Crippen molar-refractivity contribution in [2.24, 2.45) is 0 Å². The Morgan fingerprint density at radius 1 is 1.37 bits per heavy atom. The van der Waals surface area contributed by atoms with Crippen molar-refractivity contribution < 1.29 is 15.0 Å². The Morgan fingerprint density at radius 2 is 2.05 bits per heavy atom. The van der Waals surface area contributed by atoms with Gasteiger partial charge in [0.15, 0.2) is 5.13 Å². The predicted molar refractivity (Wildman–Crippen MR) is 74.5 cm³/mol. The van der Waals surface area contributed by atoms with E-state index in [1.54, 1.807) is 24.3 Å². The molecule has 2 aromatic rings. The van der Waals surface area contributed by atoms with E-state index in [-0.39, 0.29) is 10.6 Å². The molecule has 5 nitrogen and oxygen atoms in total. The highest BCUT2D eigenvalue weighted by molar-refractivity contribution is 7.17. The van der Waals surface area contributed by atoms with E-state index in [1.807, 2.05) is 6.92 Å². The minimum absolute atomic E-state index is 0.183. The van der Waals surface area contributed by atoms with E-state index in [1.165, 1.54) is 0 Å². The van der Waals surface area contributed by atoms with Gasteiger partial charge in [-0.25, -0.2) is 9.78 Å². The monoisotopic (exact) mass is 278 g/mol. The van der Waals surface area contributed by atoms with Gasteiger partial charge in [-0.1, -0.05) is 24.7 Å². The molecule has 0 aliphatic rings. The van der Waals surface area contributed by atoms with Crippen molar-refractivity contribution in [2.45, 2.75) is 19.8 Å². The number of carbonyl (C=O) groups is 1. The first-order valence-corrected chi connectivity index (χ1v) is 6.71. The molecule has 3 N–H and O–H groups in total. The Kier molecular flexibility index (Phi) is 4.01. The lowest BCUT2D eigenvalue weighted by molar-refractivity contribution is 0.0700. The van der Waals surface area contributed by atoms with Gasteiger partial charge < -0.3 is 15.5 Å². The van der Waals surface area contributed by atoms with Gasteiger partial charge in [0.1, 0.15) is 10.6 Å². The van der Waals surface area contributed by atoms with Crippen molar-refractivity contribution in [3.8, 4) is 5.75 Å². The molecular weight excluding hydrogens is 264 g/mol. The highest BCUT2D eigenvalue weighted by Crippen LogP contribution is 2.27. The number of thiazole rings is 1. The minimum atomic E-state index is -0.945. The average molecular weight is 278 g/mol. The molecule has 1 aromatic carbocycles. The number of anilines is 2. The molecule has 19 heavy (non-hydrogen) atoms. The molecule has 0 bridgehead atoms. The number of nitrogens with one attached hydrogen (secondary N) is 1. The maximum absolute atomic E-state index is 11.1. The first-order valence-electron chi connectivity index (χ1n) is 5.89. The van der Waals surface area contributed by atoms with Gasteiger partial charge in [0, 0.05) is 5.69 Å². The van der Waals surface area contributed by atoms with Crippen LogP contribution in [-0.4, -0.2) is 21.2 Å². The SMILES string of the molecule is CCCc1nc(Nc2ccc(O)cc2)sc1C(=O)O. The third-order valence-electron chi connectivity index (χ3n) is 2.50. The largest absolute Gasteiger partial charge is 0.508 e. The van der Waals surface area contributed by atoms with Crippen LogP contribution in [0.4, 0.5) is 10.8 Å². The van der Waals surface area contributed by atoms with E-state index in [4.69, 9.17) is 5.11 Å². The van der Waals surface area contributed by atoms with E-state index >= 15 is 0 Å². The Balaban J connectivity index is 2.23. The summed E-state index contributed by atoms with van der Waals surface area (Å²) in [6.07, 6.45) is 1.50. The van der Waals surface area contributed by atoms with Gasteiger partial charge in [-0.15, -0.1) is 0 Å². The van der Waals surface area contributed by atoms with Crippen molar-refractivity contribution in [3.63, 3.8) is 0 Å². The van der Waals surface area contributed by atoms with Crippen LogP contribution in [-0.2, 0) is 6.42 Å². The number of rotatable bonds is 5. The summed E-state index contributed by atoms with van der Waals surface area (Å²) in [6.45, 7) is 1.98. The maximum atomic E-state index is 11.1. The minimum Gasteiger partial charge on any atom is -0.508 e. The van der Waals surface area contributed by atoms with Crippen LogP contribution in [0.1, 0.15) is 28.7 Å². The molecule has 0 aliphatic heterocycles. The number of phenolic OH excluding ortho intramolecular Hbond substituents is 1. The molecule has 0 fully saturated rings. The van der Waals surface area contributed by atoms with E-state index in [2.05, 4.69) is 10.3 Å². The summed E-state index contributed by atoms with van der Waals surface area (Å²) in [6, 6.07) is 6.52.